The molecule has 0 N–H and O–H groups in total. The second-order valence-electron chi connectivity index (χ2n) is 6.73. The van der Waals surface area contributed by atoms with Crippen LogP contribution in [0.4, 0.5) is 4.39 Å². The van der Waals surface area contributed by atoms with Gasteiger partial charge in [0.1, 0.15) is 5.82 Å². The van der Waals surface area contributed by atoms with Gasteiger partial charge in [0.25, 0.3) is 0 Å². The molecular formula is C24H15BrFN. The Bertz CT molecular complexity index is 1150. The van der Waals surface area contributed by atoms with Gasteiger partial charge in [-0.1, -0.05) is 52.3 Å². The van der Waals surface area contributed by atoms with Crippen LogP contribution < -0.4 is 0 Å². The molecule has 1 aromatic heterocycles. The third kappa shape index (κ3) is 2.88. The maximum absolute atomic E-state index is 13.4. The Labute approximate surface area is 165 Å². The highest BCUT2D eigenvalue weighted by atomic mass is 79.9. The summed E-state index contributed by atoms with van der Waals surface area (Å²) in [6.07, 6.45) is 0.883. The summed E-state index contributed by atoms with van der Waals surface area (Å²) in [5.74, 6) is -0.238. The maximum atomic E-state index is 13.4. The van der Waals surface area contributed by atoms with E-state index in [-0.39, 0.29) is 5.82 Å². The van der Waals surface area contributed by atoms with Gasteiger partial charge < -0.3 is 0 Å². The summed E-state index contributed by atoms with van der Waals surface area (Å²) in [4.78, 5) is 4.97. The molecule has 3 aromatic carbocycles. The predicted molar refractivity (Wildman–Crippen MR) is 111 cm³/mol. The molecule has 130 valence electrons. The van der Waals surface area contributed by atoms with Crippen LogP contribution in [0, 0.1) is 5.82 Å². The van der Waals surface area contributed by atoms with Crippen molar-refractivity contribution in [2.45, 2.75) is 6.42 Å². The molecule has 0 saturated heterocycles. The zero-order chi connectivity index (χ0) is 18.4. The molecule has 5 rings (SSSR count). The monoisotopic (exact) mass is 415 g/mol. The van der Waals surface area contributed by atoms with Gasteiger partial charge in [0, 0.05) is 22.0 Å². The summed E-state index contributed by atoms with van der Waals surface area (Å²) in [6, 6.07) is 25.5. The van der Waals surface area contributed by atoms with E-state index in [0.29, 0.717) is 0 Å². The van der Waals surface area contributed by atoms with E-state index in [2.05, 4.69) is 70.5 Å². The molecule has 1 nitrogen and oxygen atoms in total. The lowest BCUT2D eigenvalue weighted by Crippen LogP contribution is -1.94. The van der Waals surface area contributed by atoms with Crippen molar-refractivity contribution < 1.29 is 4.39 Å². The fraction of sp³-hybridized carbons (Fsp3) is 0.0417. The molecule has 0 bridgehead atoms. The average molecular weight is 416 g/mol. The smallest absolute Gasteiger partial charge is 0.123 e. The number of nitrogens with zero attached hydrogens (tertiary/aromatic N) is 1. The van der Waals surface area contributed by atoms with E-state index in [1.807, 2.05) is 0 Å². The Hall–Kier alpha value is -2.78. The Morgan fingerprint density at radius 1 is 0.778 bits per heavy atom. The topological polar surface area (TPSA) is 12.9 Å². The van der Waals surface area contributed by atoms with Crippen molar-refractivity contribution in [3.63, 3.8) is 0 Å². The first-order valence-electron chi connectivity index (χ1n) is 8.83. The van der Waals surface area contributed by atoms with E-state index in [1.54, 1.807) is 12.1 Å². The molecule has 0 saturated carbocycles. The Morgan fingerprint density at radius 2 is 1.48 bits per heavy atom. The number of hydrogen-bond acceptors (Lipinski definition) is 1. The van der Waals surface area contributed by atoms with Gasteiger partial charge in [0.15, 0.2) is 0 Å². The van der Waals surface area contributed by atoms with Crippen LogP contribution in [0.2, 0.25) is 0 Å². The van der Waals surface area contributed by atoms with Crippen molar-refractivity contribution in [2.24, 2.45) is 0 Å². The van der Waals surface area contributed by atoms with Crippen LogP contribution in [-0.2, 0) is 6.42 Å². The lowest BCUT2D eigenvalue weighted by Gasteiger charge is -2.12. The molecule has 0 amide bonds. The van der Waals surface area contributed by atoms with Gasteiger partial charge in [0.2, 0.25) is 0 Å². The number of benzene rings is 3. The molecule has 0 unspecified atom stereocenters. The summed E-state index contributed by atoms with van der Waals surface area (Å²) in [5, 5.41) is 0. The van der Waals surface area contributed by atoms with Crippen molar-refractivity contribution in [3.05, 3.63) is 100 Å². The third-order valence-corrected chi connectivity index (χ3v) is 5.59. The number of hydrogen-bond donors (Lipinski definition) is 0. The Kier molecular flexibility index (Phi) is 3.91. The zero-order valence-corrected chi connectivity index (χ0v) is 16.0. The molecule has 0 fully saturated rings. The molecular weight excluding hydrogens is 401 g/mol. The van der Waals surface area contributed by atoms with E-state index in [1.165, 1.54) is 34.4 Å². The fourth-order valence-corrected chi connectivity index (χ4v) is 3.99. The van der Waals surface area contributed by atoms with Crippen molar-refractivity contribution in [2.75, 3.05) is 0 Å². The van der Waals surface area contributed by atoms with Gasteiger partial charge in [-0.3, -0.25) is 0 Å². The van der Waals surface area contributed by atoms with E-state index in [4.69, 9.17) is 4.98 Å². The van der Waals surface area contributed by atoms with E-state index in [0.717, 1.165) is 33.4 Å². The first-order valence-corrected chi connectivity index (χ1v) is 9.62. The van der Waals surface area contributed by atoms with Crippen LogP contribution in [-0.4, -0.2) is 4.98 Å². The third-order valence-electron chi connectivity index (χ3n) is 5.06. The lowest BCUT2D eigenvalue weighted by atomic mass is 9.96. The molecule has 1 aliphatic rings. The molecule has 3 heteroatoms. The number of rotatable bonds is 2. The summed E-state index contributed by atoms with van der Waals surface area (Å²) < 4.78 is 14.4. The molecule has 1 heterocycles. The van der Waals surface area contributed by atoms with Crippen LogP contribution in [0.15, 0.2) is 83.3 Å². The number of aromatic nitrogens is 1. The number of halogens is 2. The summed E-state index contributed by atoms with van der Waals surface area (Å²) >= 11 is 3.51. The van der Waals surface area contributed by atoms with Gasteiger partial charge >= 0.3 is 0 Å². The maximum Gasteiger partial charge on any atom is 0.123 e. The molecule has 0 radical (unpaired) electrons. The molecule has 0 spiro atoms. The van der Waals surface area contributed by atoms with Crippen LogP contribution >= 0.6 is 15.9 Å². The SMILES string of the molecule is Fc1ccc(-c2cc(-c3ccc(Br)cc3)c3c(n2)-c2ccccc2C3)cc1. The second kappa shape index (κ2) is 6.43. The normalized spacial score (nSPS) is 11.9. The molecule has 0 atom stereocenters. The van der Waals surface area contributed by atoms with Gasteiger partial charge in [-0.25, -0.2) is 9.37 Å². The van der Waals surface area contributed by atoms with Gasteiger partial charge in [-0.05, 0) is 64.7 Å². The number of pyridine rings is 1. The Balaban J connectivity index is 1.76. The molecule has 0 aliphatic heterocycles. The van der Waals surface area contributed by atoms with Gasteiger partial charge in [-0.2, -0.15) is 0 Å². The van der Waals surface area contributed by atoms with Crippen molar-refractivity contribution in [1.29, 1.82) is 0 Å². The molecule has 27 heavy (non-hydrogen) atoms. The predicted octanol–water partition coefficient (Wildman–Crippen LogP) is 6.89. The van der Waals surface area contributed by atoms with E-state index in [9.17, 15) is 4.39 Å². The minimum atomic E-state index is -0.238. The minimum absolute atomic E-state index is 0.238. The van der Waals surface area contributed by atoms with Crippen LogP contribution in [0.25, 0.3) is 33.6 Å². The highest BCUT2D eigenvalue weighted by Crippen LogP contribution is 2.42. The minimum Gasteiger partial charge on any atom is -0.247 e. The molecule has 4 aromatic rings. The summed E-state index contributed by atoms with van der Waals surface area (Å²) in [5.41, 5.74) is 8.90. The first-order chi connectivity index (χ1) is 13.2. The largest absolute Gasteiger partial charge is 0.247 e. The van der Waals surface area contributed by atoms with Crippen molar-refractivity contribution >= 4 is 15.9 Å². The summed E-state index contributed by atoms with van der Waals surface area (Å²) in [6.45, 7) is 0. The average Bonchev–Trinajstić information content (AvgIpc) is 3.07. The van der Waals surface area contributed by atoms with E-state index < -0.39 is 0 Å². The standard InChI is InChI=1S/C24H15BrFN/c25-18-9-5-15(6-10-18)21-14-23(16-7-11-19(26)12-8-16)27-24-20-4-2-1-3-17(20)13-22(21)24/h1-12,14H,13H2. The quantitative estimate of drug-likeness (QED) is 0.305. The van der Waals surface area contributed by atoms with Crippen LogP contribution in [0.5, 0.6) is 0 Å². The highest BCUT2D eigenvalue weighted by Gasteiger charge is 2.24. The van der Waals surface area contributed by atoms with Gasteiger partial charge in [0.05, 0.1) is 11.4 Å². The van der Waals surface area contributed by atoms with Gasteiger partial charge in [-0.15, -0.1) is 0 Å². The Morgan fingerprint density at radius 3 is 2.26 bits per heavy atom. The van der Waals surface area contributed by atoms with Crippen molar-refractivity contribution in [1.82, 2.24) is 4.98 Å². The second-order valence-corrected chi connectivity index (χ2v) is 7.65. The van der Waals surface area contributed by atoms with E-state index >= 15 is 0 Å². The molecule has 1 aliphatic carbocycles. The fourth-order valence-electron chi connectivity index (χ4n) is 3.72. The van der Waals surface area contributed by atoms with Crippen molar-refractivity contribution in [3.8, 4) is 33.6 Å². The van der Waals surface area contributed by atoms with Crippen LogP contribution in [0.1, 0.15) is 11.1 Å². The summed E-state index contributed by atoms with van der Waals surface area (Å²) in [7, 11) is 0. The zero-order valence-electron chi connectivity index (χ0n) is 14.4. The van der Waals surface area contributed by atoms with Crippen LogP contribution in [0.3, 0.4) is 0 Å². The lowest BCUT2D eigenvalue weighted by molar-refractivity contribution is 0.628. The first kappa shape index (κ1) is 16.4. The highest BCUT2D eigenvalue weighted by molar-refractivity contribution is 9.10. The number of fused-ring (bicyclic) bond motifs is 3.